The Balaban J connectivity index is 1.49. The molecule has 0 amide bonds. The summed E-state index contributed by atoms with van der Waals surface area (Å²) in [6.45, 7) is 1.02. The number of aromatic amines is 1. The number of aromatic nitrogens is 5. The Morgan fingerprint density at radius 1 is 1.23 bits per heavy atom. The van der Waals surface area contributed by atoms with Crippen LogP contribution in [0, 0.1) is 0 Å². The third kappa shape index (κ3) is 3.14. The summed E-state index contributed by atoms with van der Waals surface area (Å²) < 4.78 is 7.02. The lowest BCUT2D eigenvalue weighted by molar-refractivity contribution is 0.262. The molecule has 0 unspecified atom stereocenters. The normalized spacial score (nSPS) is 11.5. The van der Waals surface area contributed by atoms with Crippen LogP contribution in [-0.2, 0) is 20.1 Å². The molecule has 0 saturated carbocycles. The first-order valence-corrected chi connectivity index (χ1v) is 8.20. The molecule has 0 aliphatic carbocycles. The Hall–Kier alpha value is -3.26. The topological polar surface area (TPSA) is 92.8 Å². The van der Waals surface area contributed by atoms with E-state index in [1.54, 1.807) is 11.7 Å². The molecule has 4 rings (SSSR count). The monoisotopic (exact) mass is 350 g/mol. The Morgan fingerprint density at radius 2 is 2.04 bits per heavy atom. The van der Waals surface area contributed by atoms with Crippen molar-refractivity contribution in [3.05, 3.63) is 64.5 Å². The van der Waals surface area contributed by atoms with Gasteiger partial charge in [-0.25, -0.2) is 4.98 Å². The highest BCUT2D eigenvalue weighted by atomic mass is 16.5. The predicted octanol–water partition coefficient (Wildman–Crippen LogP) is 1.94. The van der Waals surface area contributed by atoms with Crippen LogP contribution in [0.1, 0.15) is 11.6 Å². The van der Waals surface area contributed by atoms with Gasteiger partial charge in [0, 0.05) is 18.7 Å². The molecule has 8 nitrogen and oxygen atoms in total. The predicted molar refractivity (Wildman–Crippen MR) is 96.2 cm³/mol. The molecule has 26 heavy (non-hydrogen) atoms. The number of hydrogen-bond donors (Lipinski definition) is 1. The first kappa shape index (κ1) is 16.2. The molecular formula is C18H18N6O2. The third-order valence-electron chi connectivity index (χ3n) is 4.12. The zero-order valence-electron chi connectivity index (χ0n) is 14.5. The van der Waals surface area contributed by atoms with Crippen molar-refractivity contribution >= 4 is 11.0 Å². The van der Waals surface area contributed by atoms with Gasteiger partial charge in [0.15, 0.2) is 11.4 Å². The fraction of sp³-hybridized carbons (Fsp3) is 0.222. The molecule has 3 aromatic heterocycles. The van der Waals surface area contributed by atoms with Crippen molar-refractivity contribution < 1.29 is 4.52 Å². The van der Waals surface area contributed by atoms with Gasteiger partial charge in [0.1, 0.15) is 16.9 Å². The zero-order chi connectivity index (χ0) is 18.1. The van der Waals surface area contributed by atoms with Crippen molar-refractivity contribution in [1.29, 1.82) is 0 Å². The smallest absolute Gasteiger partial charge is 0.262 e. The van der Waals surface area contributed by atoms with Crippen LogP contribution < -0.4 is 5.56 Å². The molecular weight excluding hydrogens is 332 g/mol. The maximum atomic E-state index is 12.1. The van der Waals surface area contributed by atoms with E-state index in [1.807, 2.05) is 48.3 Å². The van der Waals surface area contributed by atoms with Crippen molar-refractivity contribution in [3.63, 3.8) is 0 Å². The molecule has 132 valence electrons. The van der Waals surface area contributed by atoms with Gasteiger partial charge in [0.2, 0.25) is 0 Å². The Bertz CT molecular complexity index is 1100. The average Bonchev–Trinajstić information content (AvgIpc) is 3.23. The molecule has 0 aliphatic heterocycles. The molecule has 8 heteroatoms. The molecule has 0 fully saturated rings. The van der Waals surface area contributed by atoms with Crippen LogP contribution in [-0.4, -0.2) is 36.9 Å². The van der Waals surface area contributed by atoms with Crippen molar-refractivity contribution in [1.82, 2.24) is 29.8 Å². The molecule has 0 bridgehead atoms. The highest BCUT2D eigenvalue weighted by molar-refractivity contribution is 5.72. The lowest BCUT2D eigenvalue weighted by atomic mass is 10.1. The largest absolute Gasteiger partial charge is 0.359 e. The van der Waals surface area contributed by atoms with Gasteiger partial charge >= 0.3 is 0 Å². The zero-order valence-corrected chi connectivity index (χ0v) is 14.5. The van der Waals surface area contributed by atoms with Gasteiger partial charge < -0.3 is 9.51 Å². The first-order valence-electron chi connectivity index (χ1n) is 8.20. The Labute approximate surface area is 149 Å². The van der Waals surface area contributed by atoms with Crippen LogP contribution in [0.25, 0.3) is 22.3 Å². The summed E-state index contributed by atoms with van der Waals surface area (Å²) in [6.07, 6.45) is 1.52. The van der Waals surface area contributed by atoms with E-state index in [-0.39, 0.29) is 5.56 Å². The van der Waals surface area contributed by atoms with Crippen molar-refractivity contribution in [2.75, 3.05) is 7.05 Å². The molecule has 3 heterocycles. The highest BCUT2D eigenvalue weighted by Gasteiger charge is 2.12. The van der Waals surface area contributed by atoms with E-state index in [1.165, 1.54) is 6.20 Å². The SMILES string of the molecule is CN(Cc1nc2c(cnn2C)c(=O)[nH]1)Cc1cc(-c2ccccc2)no1. The quantitative estimate of drug-likeness (QED) is 0.591. The van der Waals surface area contributed by atoms with E-state index >= 15 is 0 Å². The first-order chi connectivity index (χ1) is 12.6. The molecule has 0 saturated heterocycles. The fourth-order valence-electron chi connectivity index (χ4n) is 2.86. The summed E-state index contributed by atoms with van der Waals surface area (Å²) >= 11 is 0. The van der Waals surface area contributed by atoms with Gasteiger partial charge in [-0.1, -0.05) is 35.5 Å². The van der Waals surface area contributed by atoms with Crippen LogP contribution in [0.4, 0.5) is 0 Å². The summed E-state index contributed by atoms with van der Waals surface area (Å²) in [6, 6.07) is 11.8. The van der Waals surface area contributed by atoms with E-state index in [2.05, 4.69) is 20.2 Å². The van der Waals surface area contributed by atoms with Crippen molar-refractivity contribution in [2.45, 2.75) is 13.1 Å². The van der Waals surface area contributed by atoms with Crippen LogP contribution >= 0.6 is 0 Å². The van der Waals surface area contributed by atoms with Crippen molar-refractivity contribution in [3.8, 4) is 11.3 Å². The van der Waals surface area contributed by atoms with E-state index in [9.17, 15) is 4.79 Å². The van der Waals surface area contributed by atoms with Gasteiger partial charge in [-0.05, 0) is 7.05 Å². The second-order valence-corrected chi connectivity index (χ2v) is 6.23. The second-order valence-electron chi connectivity index (χ2n) is 6.23. The van der Waals surface area contributed by atoms with Crippen LogP contribution in [0.15, 0.2) is 51.9 Å². The fourth-order valence-corrected chi connectivity index (χ4v) is 2.86. The van der Waals surface area contributed by atoms with Gasteiger partial charge in [0.25, 0.3) is 5.56 Å². The second kappa shape index (κ2) is 6.57. The minimum absolute atomic E-state index is 0.183. The molecule has 0 radical (unpaired) electrons. The molecule has 4 aromatic rings. The summed E-state index contributed by atoms with van der Waals surface area (Å²) in [7, 11) is 3.69. The van der Waals surface area contributed by atoms with E-state index in [4.69, 9.17) is 4.52 Å². The molecule has 1 N–H and O–H groups in total. The summed E-state index contributed by atoms with van der Waals surface area (Å²) in [5.41, 5.74) is 2.20. The minimum Gasteiger partial charge on any atom is -0.359 e. The maximum absolute atomic E-state index is 12.1. The molecule has 1 aromatic carbocycles. The lowest BCUT2D eigenvalue weighted by Gasteiger charge is -2.13. The van der Waals surface area contributed by atoms with Crippen LogP contribution in [0.5, 0.6) is 0 Å². The summed E-state index contributed by atoms with van der Waals surface area (Å²) in [5, 5.41) is 8.68. The number of nitrogens with one attached hydrogen (secondary N) is 1. The number of rotatable bonds is 5. The highest BCUT2D eigenvalue weighted by Crippen LogP contribution is 2.19. The van der Waals surface area contributed by atoms with E-state index in [0.717, 1.165) is 17.0 Å². The summed E-state index contributed by atoms with van der Waals surface area (Å²) in [5.74, 6) is 1.33. The van der Waals surface area contributed by atoms with Gasteiger partial charge in [-0.2, -0.15) is 5.10 Å². The van der Waals surface area contributed by atoms with E-state index in [0.29, 0.717) is 29.9 Å². The van der Waals surface area contributed by atoms with Gasteiger partial charge in [-0.15, -0.1) is 0 Å². The number of nitrogens with zero attached hydrogens (tertiary/aromatic N) is 5. The number of fused-ring (bicyclic) bond motifs is 1. The van der Waals surface area contributed by atoms with Crippen LogP contribution in [0.3, 0.4) is 0 Å². The molecule has 0 spiro atoms. The number of hydrogen-bond acceptors (Lipinski definition) is 6. The van der Waals surface area contributed by atoms with Gasteiger partial charge in [0.05, 0.1) is 19.3 Å². The van der Waals surface area contributed by atoms with Crippen LogP contribution in [0.2, 0.25) is 0 Å². The lowest BCUT2D eigenvalue weighted by Crippen LogP contribution is -2.21. The maximum Gasteiger partial charge on any atom is 0.262 e. The Kier molecular flexibility index (Phi) is 4.10. The van der Waals surface area contributed by atoms with E-state index < -0.39 is 0 Å². The summed E-state index contributed by atoms with van der Waals surface area (Å²) in [4.78, 5) is 21.4. The molecule has 0 atom stereocenters. The Morgan fingerprint density at radius 3 is 2.85 bits per heavy atom. The number of aryl methyl sites for hydroxylation is 1. The van der Waals surface area contributed by atoms with Crippen molar-refractivity contribution in [2.24, 2.45) is 7.05 Å². The molecule has 0 aliphatic rings. The minimum atomic E-state index is -0.183. The van der Waals surface area contributed by atoms with Gasteiger partial charge in [-0.3, -0.25) is 14.4 Å². The number of H-pyrrole nitrogens is 1. The standard InChI is InChI=1S/C18H18N6O2/c1-23(10-13-8-15(22-26-13)12-6-4-3-5-7-12)11-16-20-17-14(18(25)21-16)9-19-24(17)2/h3-9H,10-11H2,1-2H3,(H,20,21,25). The average molecular weight is 350 g/mol. The number of benzene rings is 1. The third-order valence-corrected chi connectivity index (χ3v) is 4.12.